The zero-order valence-corrected chi connectivity index (χ0v) is 21.6. The van der Waals surface area contributed by atoms with Crippen LogP contribution in [0.5, 0.6) is 0 Å². The molecule has 0 aromatic heterocycles. The summed E-state index contributed by atoms with van der Waals surface area (Å²) in [6.07, 6.45) is 0. The van der Waals surface area contributed by atoms with Crippen molar-refractivity contribution < 1.29 is 37.4 Å². The number of halogens is 9. The van der Waals surface area contributed by atoms with Crippen molar-refractivity contribution in [2.75, 3.05) is 0 Å². The van der Waals surface area contributed by atoms with Crippen LogP contribution in [-0.2, 0) is 5.33 Å². The van der Waals surface area contributed by atoms with Crippen LogP contribution in [0.2, 0.25) is 0 Å². The molecule has 0 bridgehead atoms. The fraction of sp³-hybridized carbons (Fsp3) is 0.176. The fourth-order valence-corrected chi connectivity index (χ4v) is 2.10. The Bertz CT molecular complexity index is 981. The van der Waals surface area contributed by atoms with E-state index >= 15 is 0 Å². The first-order valence-corrected chi connectivity index (χ1v) is 10.8. The molecule has 2 rings (SSSR count). The summed E-state index contributed by atoms with van der Waals surface area (Å²) in [7, 11) is 4.34. The molecule has 0 aliphatic carbocycles. The van der Waals surface area contributed by atoms with E-state index in [9.17, 15) is 27.2 Å². The summed E-state index contributed by atoms with van der Waals surface area (Å²) in [4.78, 5) is 20.6. The number of rotatable bonds is 3. The van der Waals surface area contributed by atoms with Crippen LogP contribution in [0.4, 0.5) is 17.6 Å². The number of hydrogen-bond acceptors (Lipinski definition) is 4. The van der Waals surface area contributed by atoms with Gasteiger partial charge < -0.3 is 10.2 Å². The Kier molecular flexibility index (Phi) is 17.1. The van der Waals surface area contributed by atoms with Crippen molar-refractivity contribution in [3.63, 3.8) is 0 Å². The van der Waals surface area contributed by atoms with Crippen LogP contribution in [0.3, 0.4) is 0 Å². The van der Waals surface area contributed by atoms with Crippen LogP contribution >= 0.6 is 75.1 Å². The van der Waals surface area contributed by atoms with Gasteiger partial charge in [0.1, 0.15) is 0 Å². The van der Waals surface area contributed by atoms with Gasteiger partial charge >= 0.3 is 36.7 Å². The molecule has 0 aliphatic heterocycles. The molecule has 0 amide bonds. The summed E-state index contributed by atoms with van der Waals surface area (Å²) >= 11 is 25.4. The van der Waals surface area contributed by atoms with Crippen molar-refractivity contribution in [3.8, 4) is 0 Å². The van der Waals surface area contributed by atoms with Gasteiger partial charge in [-0.3, -0.25) is 0 Å². The number of alkyl halides is 5. The summed E-state index contributed by atoms with van der Waals surface area (Å²) in [5, 5.41) is 17.0. The maximum atomic E-state index is 13.0. The van der Waals surface area contributed by atoms with Crippen molar-refractivity contribution in [2.45, 2.75) is 15.5 Å². The third-order valence-electron chi connectivity index (χ3n) is 3.04. The molecule has 0 saturated carbocycles. The first-order chi connectivity index (χ1) is 15.0. The molecule has 0 fully saturated rings. The monoisotopic (exact) mass is 632 g/mol. The molecule has 1 radical (unpaired) electrons. The predicted octanol–water partition coefficient (Wildman–Crippen LogP) is 7.27. The van der Waals surface area contributed by atoms with Crippen LogP contribution in [0.15, 0.2) is 28.6 Å². The first kappa shape index (κ1) is 34.1. The summed E-state index contributed by atoms with van der Waals surface area (Å²) in [6, 6.07) is 4.53. The average molecular weight is 635 g/mol. The van der Waals surface area contributed by atoms with Gasteiger partial charge in [0.2, 0.25) is 0 Å². The SMILES string of the molecule is Cc1ccc(C(=O)O)c(F)c1F.ClC(Cl)(Cl)Cl.O=C(O)c1ccc(CBr)c(F)c1F.[B]=NS. The second kappa shape index (κ2) is 16.6. The predicted molar refractivity (Wildman–Crippen MR) is 127 cm³/mol. The molecule has 2 aromatic carbocycles. The third-order valence-corrected chi connectivity index (χ3v) is 3.65. The number of carboxylic acid groups (broad SMARTS) is 2. The van der Waals surface area contributed by atoms with Crippen molar-refractivity contribution in [1.29, 1.82) is 0 Å². The van der Waals surface area contributed by atoms with E-state index in [-0.39, 0.29) is 16.5 Å². The molecular weight excluding hydrogens is 623 g/mol. The molecule has 181 valence electrons. The maximum absolute atomic E-state index is 13.0. The van der Waals surface area contributed by atoms with Crippen molar-refractivity contribution in [3.05, 3.63) is 69.8 Å². The van der Waals surface area contributed by atoms with Gasteiger partial charge in [-0.1, -0.05) is 74.5 Å². The van der Waals surface area contributed by atoms with E-state index in [0.717, 1.165) is 12.1 Å². The molecule has 0 spiro atoms. The molecule has 2 aromatic rings. The fourth-order valence-electron chi connectivity index (χ4n) is 1.67. The minimum atomic E-state index is -1.61. The molecule has 5 nitrogen and oxygen atoms in total. The van der Waals surface area contributed by atoms with Gasteiger partial charge in [-0.15, -0.1) is 0 Å². The molecule has 2 N–H and O–H groups in total. The number of aryl methyl sites for hydroxylation is 1. The van der Waals surface area contributed by atoms with Crippen molar-refractivity contribution in [2.24, 2.45) is 4.30 Å². The van der Waals surface area contributed by atoms with Crippen LogP contribution in [0.1, 0.15) is 31.8 Å². The van der Waals surface area contributed by atoms with E-state index < -0.39 is 49.6 Å². The standard InChI is InChI=1S/C8H5BrF2O2.C8H6F2O2.CCl4.BHNS/c9-3-4-1-2-5(8(12)13)7(11)6(4)10;1-4-2-3-5(8(11)12)7(10)6(4)9;2-1(3,4)5;1-2-3/h1-2H,3H2,(H,12,13);2-3H,1H3,(H,11,12);;3H. The van der Waals surface area contributed by atoms with Gasteiger partial charge in [0.05, 0.1) is 11.1 Å². The normalized spacial score (nSPS) is 9.76. The van der Waals surface area contributed by atoms with Crippen molar-refractivity contribution >= 4 is 94.7 Å². The van der Waals surface area contributed by atoms with Crippen LogP contribution in [0.25, 0.3) is 0 Å². The van der Waals surface area contributed by atoms with Crippen LogP contribution < -0.4 is 0 Å². The molecule has 16 heteroatoms. The second-order valence-corrected chi connectivity index (χ2v) is 9.47. The third kappa shape index (κ3) is 14.1. The Morgan fingerprint density at radius 1 is 0.939 bits per heavy atom. The molecule has 0 heterocycles. The van der Waals surface area contributed by atoms with Gasteiger partial charge in [0.25, 0.3) is 3.25 Å². The number of carbonyl (C=O) groups is 2. The Balaban J connectivity index is 0. The molecule has 0 atom stereocenters. The number of hydrogen-bond donors (Lipinski definition) is 3. The van der Waals surface area contributed by atoms with Crippen LogP contribution in [-0.4, -0.2) is 33.0 Å². The zero-order chi connectivity index (χ0) is 26.5. The van der Waals surface area contributed by atoms with Gasteiger partial charge in [-0.05, 0) is 24.6 Å². The van der Waals surface area contributed by atoms with E-state index in [1.54, 1.807) is 0 Å². The van der Waals surface area contributed by atoms with E-state index in [1.165, 1.54) is 19.1 Å². The Morgan fingerprint density at radius 3 is 1.61 bits per heavy atom. The number of benzene rings is 2. The van der Waals surface area contributed by atoms with E-state index in [2.05, 4.69) is 40.7 Å². The summed E-state index contributed by atoms with van der Waals surface area (Å²) in [5.74, 6) is -7.78. The molecule has 0 unspecified atom stereocenters. The summed E-state index contributed by atoms with van der Waals surface area (Å²) < 4.78 is 52.4. The van der Waals surface area contributed by atoms with Gasteiger partial charge in [0.15, 0.2) is 23.3 Å². The number of nitrogens with zero attached hydrogens (tertiary/aromatic N) is 1. The first-order valence-electron chi connectivity index (χ1n) is 7.77. The summed E-state index contributed by atoms with van der Waals surface area (Å²) in [6.45, 7) is 1.37. The Hall–Kier alpha value is -1.05. The van der Waals surface area contributed by atoms with E-state index in [1.807, 2.05) is 0 Å². The second-order valence-electron chi connectivity index (χ2n) is 5.25. The van der Waals surface area contributed by atoms with Crippen molar-refractivity contribution in [1.82, 2.24) is 0 Å². The topological polar surface area (TPSA) is 87.0 Å². The quantitative estimate of drug-likeness (QED) is 0.144. The zero-order valence-electron chi connectivity index (χ0n) is 16.1. The Labute approximate surface area is 220 Å². The van der Waals surface area contributed by atoms with E-state index in [4.69, 9.17) is 56.6 Å². The average Bonchev–Trinajstić information content (AvgIpc) is 2.67. The molecule has 0 aliphatic rings. The number of aromatic carboxylic acids is 2. The van der Waals surface area contributed by atoms with Gasteiger partial charge in [0, 0.05) is 10.9 Å². The molecular formula is C17H12BBrCl4F4NO4S. The molecule has 0 saturated heterocycles. The Morgan fingerprint density at radius 2 is 1.27 bits per heavy atom. The number of thiol groups is 1. The minimum absolute atomic E-state index is 0.0949. The van der Waals surface area contributed by atoms with Gasteiger partial charge in [-0.25, -0.2) is 27.2 Å². The van der Waals surface area contributed by atoms with E-state index in [0.29, 0.717) is 0 Å². The summed E-state index contributed by atoms with van der Waals surface area (Å²) in [5.41, 5.74) is -1.10. The number of carboxylic acids is 2. The van der Waals surface area contributed by atoms with Gasteiger partial charge in [-0.2, -0.15) is 0 Å². The van der Waals surface area contributed by atoms with Crippen LogP contribution in [0, 0.1) is 30.2 Å². The molecule has 33 heavy (non-hydrogen) atoms.